The van der Waals surface area contributed by atoms with E-state index in [0.29, 0.717) is 19.0 Å². The van der Waals surface area contributed by atoms with Gasteiger partial charge in [0.15, 0.2) is 5.96 Å². The smallest absolute Gasteiger partial charge is 0.243 e. The summed E-state index contributed by atoms with van der Waals surface area (Å²) < 4.78 is 5.50. The lowest BCUT2D eigenvalue weighted by Crippen LogP contribution is -2.46. The molecule has 9 heteroatoms. The molecule has 1 aliphatic heterocycles. The molecule has 1 aromatic heterocycles. The summed E-state index contributed by atoms with van der Waals surface area (Å²) in [5.41, 5.74) is 1.01. The first-order valence-corrected chi connectivity index (χ1v) is 10.1. The molecule has 2 N–H and O–H groups in total. The Balaban J connectivity index is 0.00000392. The van der Waals surface area contributed by atoms with E-state index in [-0.39, 0.29) is 42.5 Å². The Bertz CT molecular complexity index is 630. The lowest BCUT2D eigenvalue weighted by molar-refractivity contribution is -0.127. The normalized spacial score (nSPS) is 16.0. The van der Waals surface area contributed by atoms with Crippen LogP contribution in [0.3, 0.4) is 0 Å². The number of amides is 1. The number of ether oxygens (including phenoxy) is 1. The Kier molecular flexibility index (Phi) is 11.7. The van der Waals surface area contributed by atoms with Crippen molar-refractivity contribution in [2.24, 2.45) is 4.99 Å². The number of nitrogens with zero attached hydrogens (tertiary/aromatic N) is 3. The minimum atomic E-state index is -0.0330. The van der Waals surface area contributed by atoms with Crippen molar-refractivity contribution < 1.29 is 9.53 Å². The summed E-state index contributed by atoms with van der Waals surface area (Å²) in [5, 5.41) is 8.76. The van der Waals surface area contributed by atoms with Crippen LogP contribution >= 0.6 is 35.3 Å². The van der Waals surface area contributed by atoms with Gasteiger partial charge in [-0.2, -0.15) is 0 Å². The van der Waals surface area contributed by atoms with Crippen molar-refractivity contribution >= 4 is 47.2 Å². The lowest BCUT2D eigenvalue weighted by Gasteiger charge is -2.34. The first kappa shape index (κ1) is 24.9. The van der Waals surface area contributed by atoms with Gasteiger partial charge in [0, 0.05) is 45.2 Å². The molecule has 28 heavy (non-hydrogen) atoms. The van der Waals surface area contributed by atoms with E-state index >= 15 is 0 Å². The average molecular weight is 521 g/mol. The lowest BCUT2D eigenvalue weighted by atomic mass is 10.2. The van der Waals surface area contributed by atoms with Crippen LogP contribution in [-0.2, 0) is 9.53 Å². The predicted octanol–water partition coefficient (Wildman–Crippen LogP) is 1.94. The molecule has 2 heterocycles. The number of likely N-dealkylation sites (N-methyl/N-ethyl adjacent to an activating group) is 1. The molecule has 0 radical (unpaired) electrons. The second-order valence-corrected chi connectivity index (χ2v) is 7.80. The number of hydrogen-bond acceptors (Lipinski definition) is 5. The van der Waals surface area contributed by atoms with Gasteiger partial charge in [0.1, 0.15) is 6.54 Å². The third kappa shape index (κ3) is 8.46. The largest absolute Gasteiger partial charge is 0.379 e. The Morgan fingerprint density at radius 2 is 2.11 bits per heavy atom. The second-order valence-electron chi connectivity index (χ2n) is 6.82. The molecule has 158 valence electrons. The third-order valence-corrected chi connectivity index (χ3v) is 5.22. The summed E-state index contributed by atoms with van der Waals surface area (Å²) in [4.78, 5) is 21.6. The molecule has 0 aliphatic carbocycles. The van der Waals surface area contributed by atoms with E-state index in [1.165, 1.54) is 4.88 Å². The molecule has 1 aliphatic rings. The van der Waals surface area contributed by atoms with E-state index in [0.717, 1.165) is 31.9 Å². The van der Waals surface area contributed by atoms with Crippen molar-refractivity contribution in [1.29, 1.82) is 0 Å². The molecule has 1 aromatic rings. The van der Waals surface area contributed by atoms with Crippen LogP contribution in [0.1, 0.15) is 17.8 Å². The number of halogens is 1. The van der Waals surface area contributed by atoms with Gasteiger partial charge in [-0.15, -0.1) is 35.3 Å². The highest BCUT2D eigenvalue weighted by molar-refractivity contribution is 14.0. The van der Waals surface area contributed by atoms with Gasteiger partial charge in [-0.3, -0.25) is 9.69 Å². The number of thiophene rings is 1. The first-order valence-electron chi connectivity index (χ1n) is 9.19. The van der Waals surface area contributed by atoms with E-state index in [4.69, 9.17) is 4.74 Å². The maximum absolute atomic E-state index is 11.9. The van der Waals surface area contributed by atoms with Gasteiger partial charge in [-0.05, 0) is 18.4 Å². The molecule has 1 saturated heterocycles. The number of morpholine rings is 1. The molecule has 1 atom stereocenters. The monoisotopic (exact) mass is 521 g/mol. The summed E-state index contributed by atoms with van der Waals surface area (Å²) in [6.07, 6.45) is 0. The van der Waals surface area contributed by atoms with Gasteiger partial charge in [0.25, 0.3) is 0 Å². The molecular formula is C19H32IN5O2S. The fourth-order valence-electron chi connectivity index (χ4n) is 2.67. The van der Waals surface area contributed by atoms with Gasteiger partial charge >= 0.3 is 0 Å². The summed E-state index contributed by atoms with van der Waals surface area (Å²) in [6, 6.07) is 4.49. The van der Waals surface area contributed by atoms with Crippen LogP contribution in [0.2, 0.25) is 0 Å². The first-order chi connectivity index (χ1) is 13.0. The number of aliphatic imine (C=N–C) groups is 1. The molecule has 0 aromatic carbocycles. The minimum absolute atomic E-state index is 0. The van der Waals surface area contributed by atoms with Crippen LogP contribution in [0.5, 0.6) is 0 Å². The Morgan fingerprint density at radius 3 is 2.68 bits per heavy atom. The third-order valence-electron chi connectivity index (χ3n) is 4.25. The van der Waals surface area contributed by atoms with Crippen LogP contribution in [-0.4, -0.2) is 81.7 Å². The summed E-state index contributed by atoms with van der Waals surface area (Å²) in [6.45, 7) is 10.6. The topological polar surface area (TPSA) is 69.2 Å². The molecule has 1 amide bonds. The van der Waals surface area contributed by atoms with Gasteiger partial charge in [0.05, 0.1) is 19.3 Å². The number of carbonyl (C=O) groups is 1. The van der Waals surface area contributed by atoms with E-state index in [1.807, 2.05) is 6.92 Å². The van der Waals surface area contributed by atoms with Crippen LogP contribution < -0.4 is 10.6 Å². The summed E-state index contributed by atoms with van der Waals surface area (Å²) >= 11 is 1.76. The number of nitrogens with one attached hydrogen (secondary N) is 2. The molecular weight excluding hydrogens is 489 g/mol. The number of rotatable bonds is 8. The fraction of sp³-hybridized carbons (Fsp3) is 0.579. The average Bonchev–Trinajstić information content (AvgIpc) is 3.18. The molecule has 2 rings (SSSR count). The second kappa shape index (κ2) is 13.1. The molecule has 1 unspecified atom stereocenters. The Morgan fingerprint density at radius 1 is 1.39 bits per heavy atom. The number of hydrogen-bond donors (Lipinski definition) is 2. The maximum Gasteiger partial charge on any atom is 0.243 e. The van der Waals surface area contributed by atoms with E-state index in [9.17, 15) is 4.79 Å². The molecule has 7 nitrogen and oxygen atoms in total. The van der Waals surface area contributed by atoms with Crippen molar-refractivity contribution in [2.75, 3.05) is 60.0 Å². The van der Waals surface area contributed by atoms with Crippen molar-refractivity contribution in [2.45, 2.75) is 13.0 Å². The van der Waals surface area contributed by atoms with Crippen molar-refractivity contribution in [3.05, 3.63) is 34.5 Å². The zero-order valence-electron chi connectivity index (χ0n) is 16.9. The van der Waals surface area contributed by atoms with Crippen molar-refractivity contribution in [3.63, 3.8) is 0 Å². The van der Waals surface area contributed by atoms with Crippen molar-refractivity contribution in [3.8, 4) is 0 Å². The highest BCUT2D eigenvalue weighted by Crippen LogP contribution is 2.25. The molecule has 1 fully saturated rings. The highest BCUT2D eigenvalue weighted by Gasteiger charge is 2.23. The van der Waals surface area contributed by atoms with Crippen LogP contribution in [0.15, 0.2) is 34.7 Å². The predicted molar refractivity (Wildman–Crippen MR) is 127 cm³/mol. The molecule has 0 saturated carbocycles. The van der Waals surface area contributed by atoms with Crippen LogP contribution in [0.25, 0.3) is 0 Å². The van der Waals surface area contributed by atoms with Gasteiger partial charge in [0.2, 0.25) is 5.91 Å². The zero-order chi connectivity index (χ0) is 19.6. The van der Waals surface area contributed by atoms with E-state index < -0.39 is 0 Å². The van der Waals surface area contributed by atoms with Crippen LogP contribution in [0, 0.1) is 0 Å². The standard InChI is InChI=1S/C19H31N5O2S.HI/c1-15(2)12-20-19(22-14-18(25)23(3)4)21-13-16(17-6-5-11-27-17)24-7-9-26-10-8-24;/h5-6,11,16H,1,7-10,12-14H2,2-4H3,(H2,20,21,22);1H. The van der Waals surface area contributed by atoms with E-state index in [1.54, 1.807) is 30.3 Å². The summed E-state index contributed by atoms with van der Waals surface area (Å²) in [7, 11) is 3.47. The van der Waals surface area contributed by atoms with Gasteiger partial charge in [-0.25, -0.2) is 4.99 Å². The van der Waals surface area contributed by atoms with Crippen LogP contribution in [0.4, 0.5) is 0 Å². The molecule has 0 spiro atoms. The summed E-state index contributed by atoms with van der Waals surface area (Å²) in [5.74, 6) is 0.595. The van der Waals surface area contributed by atoms with E-state index in [2.05, 4.69) is 44.6 Å². The quantitative estimate of drug-likeness (QED) is 0.237. The number of guanidine groups is 1. The highest BCUT2D eigenvalue weighted by atomic mass is 127. The Hall–Kier alpha value is -1.17. The minimum Gasteiger partial charge on any atom is -0.379 e. The Labute approximate surface area is 189 Å². The van der Waals surface area contributed by atoms with Gasteiger partial charge < -0.3 is 20.3 Å². The van der Waals surface area contributed by atoms with Crippen molar-refractivity contribution in [1.82, 2.24) is 20.4 Å². The maximum atomic E-state index is 11.9. The SMILES string of the molecule is C=C(C)CNC(=NCC(=O)N(C)C)NCC(c1cccs1)N1CCOCC1.I. The number of carbonyl (C=O) groups excluding carboxylic acids is 1. The molecule has 0 bridgehead atoms. The zero-order valence-corrected chi connectivity index (χ0v) is 20.1. The fourth-order valence-corrected chi connectivity index (χ4v) is 3.53. The van der Waals surface area contributed by atoms with Gasteiger partial charge in [-0.1, -0.05) is 18.2 Å².